The van der Waals surface area contributed by atoms with E-state index >= 15 is 0 Å². The van der Waals surface area contributed by atoms with Crippen LogP contribution >= 0.6 is 15.9 Å². The Kier molecular flexibility index (Phi) is 4.38. The molecule has 2 aromatic rings. The molecule has 0 aliphatic rings. The zero-order chi connectivity index (χ0) is 14.0. The third-order valence-corrected chi connectivity index (χ3v) is 3.81. The average molecular weight is 323 g/mol. The van der Waals surface area contributed by atoms with Crippen LogP contribution in [0.3, 0.4) is 0 Å². The summed E-state index contributed by atoms with van der Waals surface area (Å²) in [4.78, 5) is 0. The van der Waals surface area contributed by atoms with Crippen molar-refractivity contribution in [3.8, 4) is 0 Å². The standard InChI is InChI=1S/C16H16BrFO/c1-10-3-5-13(11(2)7-10)16(19)9-12-4-6-15(18)14(17)8-12/h3-8,16,19H,9H2,1-2H3. The fraction of sp³-hybridized carbons (Fsp3) is 0.250. The van der Waals surface area contributed by atoms with E-state index in [0.717, 1.165) is 16.7 Å². The number of aliphatic hydroxyl groups excluding tert-OH is 1. The lowest BCUT2D eigenvalue weighted by Crippen LogP contribution is -2.04. The van der Waals surface area contributed by atoms with Gasteiger partial charge in [-0.1, -0.05) is 29.8 Å². The Morgan fingerprint density at radius 1 is 1.16 bits per heavy atom. The molecule has 0 aliphatic carbocycles. The molecule has 0 saturated carbocycles. The minimum absolute atomic E-state index is 0.287. The molecule has 0 bridgehead atoms. The molecule has 2 rings (SSSR count). The van der Waals surface area contributed by atoms with E-state index in [1.807, 2.05) is 26.0 Å². The monoisotopic (exact) mass is 322 g/mol. The van der Waals surface area contributed by atoms with Crippen LogP contribution in [0.2, 0.25) is 0 Å². The number of hydrogen-bond donors (Lipinski definition) is 1. The molecule has 1 N–H and O–H groups in total. The van der Waals surface area contributed by atoms with Crippen molar-refractivity contribution in [3.63, 3.8) is 0 Å². The fourth-order valence-electron chi connectivity index (χ4n) is 2.20. The Balaban J connectivity index is 2.20. The molecule has 3 heteroatoms. The van der Waals surface area contributed by atoms with Crippen LogP contribution in [0.15, 0.2) is 40.9 Å². The summed E-state index contributed by atoms with van der Waals surface area (Å²) >= 11 is 3.16. The molecule has 0 aromatic heterocycles. The second kappa shape index (κ2) is 5.85. The van der Waals surface area contributed by atoms with E-state index in [2.05, 4.69) is 22.0 Å². The van der Waals surface area contributed by atoms with Crippen molar-refractivity contribution in [1.29, 1.82) is 0 Å². The maximum atomic E-state index is 13.2. The zero-order valence-electron chi connectivity index (χ0n) is 11.0. The van der Waals surface area contributed by atoms with Crippen LogP contribution in [-0.4, -0.2) is 5.11 Å². The summed E-state index contributed by atoms with van der Waals surface area (Å²) in [6, 6.07) is 10.8. The molecule has 100 valence electrons. The van der Waals surface area contributed by atoms with Gasteiger partial charge in [-0.3, -0.25) is 0 Å². The summed E-state index contributed by atoms with van der Waals surface area (Å²) in [5, 5.41) is 10.3. The quantitative estimate of drug-likeness (QED) is 0.883. The van der Waals surface area contributed by atoms with Gasteiger partial charge in [-0.2, -0.15) is 0 Å². The topological polar surface area (TPSA) is 20.2 Å². The highest BCUT2D eigenvalue weighted by molar-refractivity contribution is 9.10. The molecular formula is C16H16BrFO. The summed E-state index contributed by atoms with van der Waals surface area (Å²) in [5.74, 6) is -0.287. The van der Waals surface area contributed by atoms with Gasteiger partial charge in [0.2, 0.25) is 0 Å². The van der Waals surface area contributed by atoms with Gasteiger partial charge in [-0.15, -0.1) is 0 Å². The molecule has 0 saturated heterocycles. The third-order valence-electron chi connectivity index (χ3n) is 3.20. The van der Waals surface area contributed by atoms with Crippen LogP contribution < -0.4 is 0 Å². The predicted octanol–water partition coefficient (Wildman–Crippen LogP) is 4.48. The highest BCUT2D eigenvalue weighted by atomic mass is 79.9. The number of rotatable bonds is 3. The second-order valence-electron chi connectivity index (χ2n) is 4.83. The van der Waals surface area contributed by atoms with E-state index < -0.39 is 6.10 Å². The zero-order valence-corrected chi connectivity index (χ0v) is 12.5. The predicted molar refractivity (Wildman–Crippen MR) is 78.7 cm³/mol. The Bertz CT molecular complexity index is 595. The van der Waals surface area contributed by atoms with Crippen LogP contribution in [0, 0.1) is 19.7 Å². The van der Waals surface area contributed by atoms with Gasteiger partial charge >= 0.3 is 0 Å². The van der Waals surface area contributed by atoms with Crippen LogP contribution in [0.1, 0.15) is 28.4 Å². The number of aryl methyl sites for hydroxylation is 2. The first-order valence-electron chi connectivity index (χ1n) is 6.16. The van der Waals surface area contributed by atoms with Crippen molar-refractivity contribution < 1.29 is 9.50 Å². The van der Waals surface area contributed by atoms with Crippen molar-refractivity contribution in [2.75, 3.05) is 0 Å². The SMILES string of the molecule is Cc1ccc(C(O)Cc2ccc(F)c(Br)c2)c(C)c1. The second-order valence-corrected chi connectivity index (χ2v) is 5.68. The Morgan fingerprint density at radius 2 is 1.89 bits per heavy atom. The van der Waals surface area contributed by atoms with Crippen molar-refractivity contribution in [2.45, 2.75) is 26.4 Å². The van der Waals surface area contributed by atoms with Crippen molar-refractivity contribution >= 4 is 15.9 Å². The van der Waals surface area contributed by atoms with E-state index in [-0.39, 0.29) is 5.82 Å². The molecule has 0 radical (unpaired) electrons. The lowest BCUT2D eigenvalue weighted by atomic mass is 9.96. The van der Waals surface area contributed by atoms with Gasteiger partial charge in [0.1, 0.15) is 5.82 Å². The first kappa shape index (κ1) is 14.2. The molecule has 1 unspecified atom stereocenters. The molecule has 0 fully saturated rings. The smallest absolute Gasteiger partial charge is 0.137 e. The van der Waals surface area contributed by atoms with Gasteiger partial charge in [0, 0.05) is 6.42 Å². The molecule has 0 heterocycles. The van der Waals surface area contributed by atoms with Gasteiger partial charge in [0.25, 0.3) is 0 Å². The molecule has 0 amide bonds. The maximum Gasteiger partial charge on any atom is 0.137 e. The lowest BCUT2D eigenvalue weighted by molar-refractivity contribution is 0.177. The van der Waals surface area contributed by atoms with Crippen LogP contribution in [0.25, 0.3) is 0 Å². The highest BCUT2D eigenvalue weighted by Gasteiger charge is 2.12. The molecular weight excluding hydrogens is 307 g/mol. The van der Waals surface area contributed by atoms with E-state index in [0.29, 0.717) is 10.9 Å². The van der Waals surface area contributed by atoms with Crippen molar-refractivity contribution in [2.24, 2.45) is 0 Å². The normalized spacial score (nSPS) is 12.5. The molecule has 1 nitrogen and oxygen atoms in total. The lowest BCUT2D eigenvalue weighted by Gasteiger charge is -2.14. The summed E-state index contributed by atoms with van der Waals surface area (Å²) in [6.45, 7) is 4.02. The van der Waals surface area contributed by atoms with Gasteiger partial charge < -0.3 is 5.11 Å². The van der Waals surface area contributed by atoms with Gasteiger partial charge in [0.15, 0.2) is 0 Å². The largest absolute Gasteiger partial charge is 0.388 e. The number of halogens is 2. The van der Waals surface area contributed by atoms with Crippen LogP contribution in [-0.2, 0) is 6.42 Å². The van der Waals surface area contributed by atoms with Gasteiger partial charge in [0.05, 0.1) is 10.6 Å². The molecule has 0 aliphatic heterocycles. The summed E-state index contributed by atoms with van der Waals surface area (Å²) in [7, 11) is 0. The third kappa shape index (κ3) is 3.43. The van der Waals surface area contributed by atoms with Crippen molar-refractivity contribution in [1.82, 2.24) is 0 Å². The summed E-state index contributed by atoms with van der Waals surface area (Å²) < 4.78 is 13.6. The number of hydrogen-bond acceptors (Lipinski definition) is 1. The first-order valence-corrected chi connectivity index (χ1v) is 6.96. The molecule has 19 heavy (non-hydrogen) atoms. The Labute approximate surface area is 121 Å². The fourth-order valence-corrected chi connectivity index (χ4v) is 2.63. The Morgan fingerprint density at radius 3 is 2.53 bits per heavy atom. The van der Waals surface area contributed by atoms with E-state index in [1.165, 1.54) is 11.6 Å². The molecule has 0 spiro atoms. The Hall–Kier alpha value is -1.19. The van der Waals surface area contributed by atoms with E-state index in [1.54, 1.807) is 12.1 Å². The van der Waals surface area contributed by atoms with Crippen molar-refractivity contribution in [3.05, 3.63) is 68.9 Å². The number of benzene rings is 2. The minimum atomic E-state index is -0.571. The van der Waals surface area contributed by atoms with E-state index in [9.17, 15) is 9.50 Å². The van der Waals surface area contributed by atoms with Crippen LogP contribution in [0.5, 0.6) is 0 Å². The first-order chi connectivity index (χ1) is 8.97. The van der Waals surface area contributed by atoms with Gasteiger partial charge in [-0.25, -0.2) is 4.39 Å². The maximum absolute atomic E-state index is 13.2. The number of aliphatic hydroxyl groups is 1. The van der Waals surface area contributed by atoms with Gasteiger partial charge in [-0.05, 0) is 58.6 Å². The highest BCUT2D eigenvalue weighted by Crippen LogP contribution is 2.24. The molecule has 1 atom stereocenters. The van der Waals surface area contributed by atoms with E-state index in [4.69, 9.17) is 0 Å². The summed E-state index contributed by atoms with van der Waals surface area (Å²) in [5.41, 5.74) is 4.08. The molecule has 2 aromatic carbocycles. The average Bonchev–Trinajstić information content (AvgIpc) is 2.33. The minimum Gasteiger partial charge on any atom is -0.388 e. The van der Waals surface area contributed by atoms with Crippen LogP contribution in [0.4, 0.5) is 4.39 Å². The summed E-state index contributed by atoms with van der Waals surface area (Å²) in [6.07, 6.45) is -0.0964.